The smallest absolute Gasteiger partial charge is 0.263 e. The normalized spacial score (nSPS) is 26.6. The summed E-state index contributed by atoms with van der Waals surface area (Å²) < 4.78 is 0. The maximum atomic E-state index is 12.8. The van der Waals surface area contributed by atoms with E-state index < -0.39 is 0 Å². The van der Waals surface area contributed by atoms with Crippen molar-refractivity contribution < 1.29 is 9.59 Å². The van der Waals surface area contributed by atoms with E-state index in [4.69, 9.17) is 0 Å². The van der Waals surface area contributed by atoms with Gasteiger partial charge in [-0.15, -0.1) is 11.3 Å². The lowest BCUT2D eigenvalue weighted by atomic mass is 9.79. The summed E-state index contributed by atoms with van der Waals surface area (Å²) in [5, 5.41) is 6.80. The Labute approximate surface area is 163 Å². The maximum Gasteiger partial charge on any atom is 0.263 e. The molecular weight excluding hydrogens is 360 g/mol. The summed E-state index contributed by atoms with van der Waals surface area (Å²) in [5.74, 6) is 0.427. The number of aromatic nitrogens is 1. The molecule has 3 aliphatic heterocycles. The maximum absolute atomic E-state index is 12.8. The van der Waals surface area contributed by atoms with Crippen LogP contribution in [0.2, 0.25) is 0 Å². The van der Waals surface area contributed by atoms with Crippen molar-refractivity contribution in [1.82, 2.24) is 15.2 Å². The van der Waals surface area contributed by atoms with Crippen molar-refractivity contribution in [3.8, 4) is 10.6 Å². The molecule has 2 aromatic rings. The van der Waals surface area contributed by atoms with Crippen LogP contribution in [-0.4, -0.2) is 46.9 Å². The van der Waals surface area contributed by atoms with Crippen LogP contribution in [0.15, 0.2) is 30.5 Å². The first-order valence-corrected chi connectivity index (χ1v) is 10.2. The molecule has 142 valence electrons. The zero-order valence-electron chi connectivity index (χ0n) is 15.6. The predicted molar refractivity (Wildman–Crippen MR) is 107 cm³/mol. The zero-order chi connectivity index (χ0) is 19.0. The second kappa shape index (κ2) is 7.40. The molecule has 0 unspecified atom stereocenters. The Bertz CT molecular complexity index is 855. The van der Waals surface area contributed by atoms with Gasteiger partial charge in [0, 0.05) is 30.3 Å². The number of benzene rings is 1. The topological polar surface area (TPSA) is 74.3 Å². The molecule has 2 N–H and O–H groups in total. The second-order valence-electron chi connectivity index (χ2n) is 7.40. The minimum absolute atomic E-state index is 0.0395. The number of piperidine rings is 3. The molecule has 6 nitrogen and oxygen atoms in total. The number of carbonyl (C=O) groups excluding carboxylic acids is 2. The summed E-state index contributed by atoms with van der Waals surface area (Å²) >= 11 is 1.38. The lowest BCUT2D eigenvalue weighted by molar-refractivity contribution is -0.114. The molecule has 4 heterocycles. The molecule has 3 saturated heterocycles. The summed E-state index contributed by atoms with van der Waals surface area (Å²) in [6.45, 7) is 5.98. The molecule has 0 saturated carbocycles. The van der Waals surface area contributed by atoms with Crippen molar-refractivity contribution >= 4 is 28.8 Å². The molecule has 1 aromatic carbocycles. The largest absolute Gasteiger partial charge is 0.347 e. The van der Waals surface area contributed by atoms with Crippen LogP contribution in [0.1, 0.15) is 36.4 Å². The lowest BCUT2D eigenvalue weighted by Crippen LogP contribution is -2.62. The van der Waals surface area contributed by atoms with Crippen LogP contribution in [0.3, 0.4) is 0 Å². The number of anilines is 1. The summed E-state index contributed by atoms with van der Waals surface area (Å²) in [7, 11) is 0. The van der Waals surface area contributed by atoms with E-state index in [0.29, 0.717) is 16.8 Å². The molecule has 2 atom stereocenters. The summed E-state index contributed by atoms with van der Waals surface area (Å²) in [5.41, 5.74) is 1.61. The van der Waals surface area contributed by atoms with Gasteiger partial charge >= 0.3 is 0 Å². The van der Waals surface area contributed by atoms with Gasteiger partial charge in [0.25, 0.3) is 5.91 Å². The number of hydrogen-bond acceptors (Lipinski definition) is 5. The van der Waals surface area contributed by atoms with E-state index in [0.717, 1.165) is 29.3 Å². The highest BCUT2D eigenvalue weighted by Gasteiger charge is 2.40. The number of hydrogen-bond donors (Lipinski definition) is 2. The third-order valence-electron chi connectivity index (χ3n) is 5.63. The molecule has 2 bridgehead atoms. The van der Waals surface area contributed by atoms with Crippen LogP contribution in [0.4, 0.5) is 5.69 Å². The highest BCUT2D eigenvalue weighted by molar-refractivity contribution is 7.16. The first-order chi connectivity index (χ1) is 13.0. The minimum Gasteiger partial charge on any atom is -0.347 e. The molecule has 3 aliphatic rings. The van der Waals surface area contributed by atoms with Gasteiger partial charge in [-0.3, -0.25) is 14.5 Å². The second-order valence-corrected chi connectivity index (χ2v) is 8.44. The van der Waals surface area contributed by atoms with Crippen molar-refractivity contribution in [3.05, 3.63) is 35.3 Å². The van der Waals surface area contributed by atoms with E-state index >= 15 is 0 Å². The fourth-order valence-corrected chi connectivity index (χ4v) is 5.03. The van der Waals surface area contributed by atoms with Gasteiger partial charge in [0.1, 0.15) is 9.88 Å². The van der Waals surface area contributed by atoms with Gasteiger partial charge < -0.3 is 10.6 Å². The molecule has 0 radical (unpaired) electrons. The monoisotopic (exact) mass is 384 g/mol. The molecule has 27 heavy (non-hydrogen) atoms. The Balaban J connectivity index is 1.48. The third kappa shape index (κ3) is 3.75. The Morgan fingerprint density at radius 3 is 2.74 bits per heavy atom. The molecule has 0 spiro atoms. The quantitative estimate of drug-likeness (QED) is 0.850. The molecule has 0 aliphatic carbocycles. The summed E-state index contributed by atoms with van der Waals surface area (Å²) in [6, 6.07) is 8.12. The fraction of sp³-hybridized carbons (Fsp3) is 0.450. The first-order valence-electron chi connectivity index (χ1n) is 9.40. The van der Waals surface area contributed by atoms with Crippen LogP contribution in [-0.2, 0) is 4.79 Å². The number of carbonyl (C=O) groups is 2. The van der Waals surface area contributed by atoms with E-state index in [9.17, 15) is 9.59 Å². The van der Waals surface area contributed by atoms with Crippen molar-refractivity contribution in [3.63, 3.8) is 0 Å². The van der Waals surface area contributed by atoms with Crippen LogP contribution in [0.25, 0.3) is 10.6 Å². The van der Waals surface area contributed by atoms with Crippen LogP contribution in [0, 0.1) is 5.92 Å². The average molecular weight is 385 g/mol. The number of thiazole rings is 1. The molecular formula is C20H24N4O2S. The Hall–Kier alpha value is -2.25. The third-order valence-corrected chi connectivity index (χ3v) is 6.68. The highest BCUT2D eigenvalue weighted by atomic mass is 32.1. The number of rotatable bonds is 4. The molecule has 2 amide bonds. The number of amides is 2. The predicted octanol–water partition coefficient (Wildman–Crippen LogP) is 2.98. The highest BCUT2D eigenvalue weighted by Crippen LogP contribution is 2.33. The molecule has 1 aromatic heterocycles. The minimum atomic E-state index is -0.113. The van der Waals surface area contributed by atoms with Crippen molar-refractivity contribution in [1.29, 1.82) is 0 Å². The van der Waals surface area contributed by atoms with Crippen molar-refractivity contribution in [2.45, 2.75) is 38.8 Å². The van der Waals surface area contributed by atoms with E-state index in [1.807, 2.05) is 24.3 Å². The van der Waals surface area contributed by atoms with Gasteiger partial charge in [-0.25, -0.2) is 4.98 Å². The van der Waals surface area contributed by atoms with Crippen molar-refractivity contribution in [2.75, 3.05) is 18.4 Å². The zero-order valence-corrected chi connectivity index (χ0v) is 16.4. The summed E-state index contributed by atoms with van der Waals surface area (Å²) in [6.07, 6.45) is 3.98. The van der Waals surface area contributed by atoms with Gasteiger partial charge in [0.2, 0.25) is 5.91 Å². The number of nitrogens with zero attached hydrogens (tertiary/aromatic N) is 2. The van der Waals surface area contributed by atoms with Gasteiger partial charge in [-0.2, -0.15) is 0 Å². The SMILES string of the molecule is CC(=O)Nc1cccc(-c2ncc(C(=O)N[C@@H]3C4CCN(CC4)[C@@H]3C)s2)c1. The van der Waals surface area contributed by atoms with E-state index in [2.05, 4.69) is 27.4 Å². The number of nitrogens with one attached hydrogen (secondary N) is 2. The Morgan fingerprint density at radius 2 is 2.04 bits per heavy atom. The van der Waals surface area contributed by atoms with Gasteiger partial charge in [-0.05, 0) is 50.9 Å². The summed E-state index contributed by atoms with van der Waals surface area (Å²) in [4.78, 5) is 31.5. The molecule has 3 fully saturated rings. The molecule has 7 heteroatoms. The van der Waals surface area contributed by atoms with Gasteiger partial charge in [-0.1, -0.05) is 12.1 Å². The number of fused-ring (bicyclic) bond motifs is 3. The fourth-order valence-electron chi connectivity index (χ4n) is 4.21. The van der Waals surface area contributed by atoms with Gasteiger partial charge in [0.15, 0.2) is 0 Å². The van der Waals surface area contributed by atoms with Crippen LogP contribution in [0.5, 0.6) is 0 Å². The average Bonchev–Trinajstić information content (AvgIpc) is 3.15. The van der Waals surface area contributed by atoms with Crippen LogP contribution < -0.4 is 10.6 Å². The first kappa shape index (κ1) is 18.1. The molecule has 5 rings (SSSR count). The van der Waals surface area contributed by atoms with E-state index in [-0.39, 0.29) is 17.9 Å². The van der Waals surface area contributed by atoms with Crippen molar-refractivity contribution in [2.24, 2.45) is 5.92 Å². The van der Waals surface area contributed by atoms with Gasteiger partial charge in [0.05, 0.1) is 6.20 Å². The van der Waals surface area contributed by atoms with Crippen LogP contribution >= 0.6 is 11.3 Å². The van der Waals surface area contributed by atoms with E-state index in [1.165, 1.54) is 31.1 Å². The van der Waals surface area contributed by atoms with E-state index in [1.54, 1.807) is 6.20 Å². The lowest BCUT2D eigenvalue weighted by Gasteiger charge is -2.49. The Morgan fingerprint density at radius 1 is 1.26 bits per heavy atom. The Kier molecular flexibility index (Phi) is 4.97. The standard InChI is InChI=1S/C20H24N4O2S/c1-12-18(14-6-8-24(12)9-7-14)23-19(26)17-11-21-20(27-17)15-4-3-5-16(10-15)22-13(2)25/h3-5,10-12,14,18H,6-9H2,1-2H3,(H,22,25)(H,23,26)/t12-,18+/m1/s1.